The van der Waals surface area contributed by atoms with E-state index < -0.39 is 17.0 Å². The molecule has 142 valence electrons. The fourth-order valence-corrected chi connectivity index (χ4v) is 5.42. The SMILES string of the molecule is CCC(C)(C)C(=O)OC(C)(C)C(=O)OCC12CC3CC(CC(C3)C1)C2. The van der Waals surface area contributed by atoms with Crippen LogP contribution in [-0.2, 0) is 19.1 Å². The van der Waals surface area contributed by atoms with Crippen molar-refractivity contribution in [2.24, 2.45) is 28.6 Å². The maximum absolute atomic E-state index is 12.6. The summed E-state index contributed by atoms with van der Waals surface area (Å²) in [6, 6.07) is 0. The van der Waals surface area contributed by atoms with Crippen LogP contribution in [0.1, 0.15) is 79.6 Å². The summed E-state index contributed by atoms with van der Waals surface area (Å²) in [5.41, 5.74) is -1.63. The van der Waals surface area contributed by atoms with E-state index in [9.17, 15) is 9.59 Å². The van der Waals surface area contributed by atoms with Gasteiger partial charge < -0.3 is 9.47 Å². The molecule has 4 bridgehead atoms. The highest BCUT2D eigenvalue weighted by Crippen LogP contribution is 2.60. The van der Waals surface area contributed by atoms with Crippen LogP contribution in [-0.4, -0.2) is 24.1 Å². The lowest BCUT2D eigenvalue weighted by atomic mass is 9.50. The smallest absolute Gasteiger partial charge is 0.350 e. The maximum atomic E-state index is 12.6. The molecule has 0 saturated heterocycles. The van der Waals surface area contributed by atoms with Crippen molar-refractivity contribution < 1.29 is 19.1 Å². The molecule has 0 aromatic carbocycles. The summed E-state index contributed by atoms with van der Waals surface area (Å²) in [4.78, 5) is 24.9. The van der Waals surface area contributed by atoms with Gasteiger partial charge in [0, 0.05) is 5.41 Å². The van der Waals surface area contributed by atoms with Crippen molar-refractivity contribution in [2.75, 3.05) is 6.61 Å². The quantitative estimate of drug-likeness (QED) is 0.662. The van der Waals surface area contributed by atoms with Gasteiger partial charge in [-0.3, -0.25) is 4.79 Å². The summed E-state index contributed by atoms with van der Waals surface area (Å²) in [7, 11) is 0. The van der Waals surface area contributed by atoms with E-state index >= 15 is 0 Å². The molecule has 0 aromatic heterocycles. The Morgan fingerprint density at radius 2 is 1.40 bits per heavy atom. The minimum Gasteiger partial charge on any atom is -0.462 e. The standard InChI is InChI=1S/C21H34O4/c1-6-19(2,3)17(22)25-20(4,5)18(23)24-13-21-10-14-7-15(11-21)9-16(8-14)12-21/h14-16H,6-13H2,1-5H3. The van der Waals surface area contributed by atoms with Crippen LogP contribution >= 0.6 is 0 Å². The van der Waals surface area contributed by atoms with Crippen LogP contribution < -0.4 is 0 Å². The Balaban J connectivity index is 1.57. The summed E-state index contributed by atoms with van der Waals surface area (Å²) < 4.78 is 11.2. The van der Waals surface area contributed by atoms with Gasteiger partial charge in [0.05, 0.1) is 12.0 Å². The maximum Gasteiger partial charge on any atom is 0.350 e. The zero-order chi connectivity index (χ0) is 18.5. The molecule has 0 N–H and O–H groups in total. The lowest BCUT2D eigenvalue weighted by Gasteiger charge is -2.56. The van der Waals surface area contributed by atoms with Crippen molar-refractivity contribution in [3.8, 4) is 0 Å². The minimum atomic E-state index is -1.23. The van der Waals surface area contributed by atoms with Crippen molar-refractivity contribution in [1.82, 2.24) is 0 Å². The number of esters is 2. The highest BCUT2D eigenvalue weighted by molar-refractivity contribution is 5.84. The van der Waals surface area contributed by atoms with E-state index in [0.717, 1.165) is 17.8 Å². The number of carbonyl (C=O) groups is 2. The molecule has 4 heteroatoms. The molecule has 0 spiro atoms. The van der Waals surface area contributed by atoms with Gasteiger partial charge in [-0.05, 0) is 90.4 Å². The Hall–Kier alpha value is -1.06. The predicted octanol–water partition coefficient (Wildman–Crippen LogP) is 4.50. The summed E-state index contributed by atoms with van der Waals surface area (Å²) in [6.07, 6.45) is 8.41. The fraction of sp³-hybridized carbons (Fsp3) is 0.905. The Morgan fingerprint density at radius 1 is 0.920 bits per heavy atom. The van der Waals surface area contributed by atoms with E-state index in [0.29, 0.717) is 13.0 Å². The van der Waals surface area contributed by atoms with Crippen molar-refractivity contribution in [1.29, 1.82) is 0 Å². The van der Waals surface area contributed by atoms with E-state index in [1.165, 1.54) is 38.5 Å². The van der Waals surface area contributed by atoms with E-state index in [1.807, 2.05) is 20.8 Å². The van der Waals surface area contributed by atoms with Crippen LogP contribution in [0, 0.1) is 28.6 Å². The molecule has 4 nitrogen and oxygen atoms in total. The van der Waals surface area contributed by atoms with Crippen molar-refractivity contribution in [3.05, 3.63) is 0 Å². The van der Waals surface area contributed by atoms with Crippen LogP contribution in [0.4, 0.5) is 0 Å². The van der Waals surface area contributed by atoms with Gasteiger partial charge in [-0.15, -0.1) is 0 Å². The third-order valence-electron chi connectivity index (χ3n) is 6.95. The highest BCUT2D eigenvalue weighted by atomic mass is 16.6. The number of rotatable bonds is 6. The Labute approximate surface area is 152 Å². The first-order valence-electron chi connectivity index (χ1n) is 9.96. The molecule has 0 amide bonds. The summed E-state index contributed by atoms with van der Waals surface area (Å²) in [5.74, 6) is 1.75. The molecule has 0 heterocycles. The average Bonchev–Trinajstić information content (AvgIpc) is 2.50. The molecule has 0 unspecified atom stereocenters. The highest BCUT2D eigenvalue weighted by Gasteiger charge is 2.52. The van der Waals surface area contributed by atoms with Crippen LogP contribution in [0.5, 0.6) is 0 Å². The first-order chi connectivity index (χ1) is 11.6. The Morgan fingerprint density at radius 3 is 1.84 bits per heavy atom. The molecule has 4 rings (SSSR count). The van der Waals surface area contributed by atoms with E-state index in [4.69, 9.17) is 9.47 Å². The topological polar surface area (TPSA) is 52.6 Å². The Bertz CT molecular complexity index is 511. The van der Waals surface area contributed by atoms with Crippen LogP contribution in [0.15, 0.2) is 0 Å². The lowest BCUT2D eigenvalue weighted by molar-refractivity contribution is -0.189. The number of hydrogen-bond acceptors (Lipinski definition) is 4. The van der Waals surface area contributed by atoms with E-state index in [2.05, 4.69) is 0 Å². The lowest BCUT2D eigenvalue weighted by Crippen LogP contribution is -2.50. The van der Waals surface area contributed by atoms with Crippen LogP contribution in [0.25, 0.3) is 0 Å². The summed E-state index contributed by atoms with van der Waals surface area (Å²) in [5, 5.41) is 0. The summed E-state index contributed by atoms with van der Waals surface area (Å²) in [6.45, 7) is 9.39. The molecule has 0 radical (unpaired) electrons. The van der Waals surface area contributed by atoms with Crippen LogP contribution in [0.3, 0.4) is 0 Å². The molecular weight excluding hydrogens is 316 g/mol. The van der Waals surface area contributed by atoms with Gasteiger partial charge in [0.15, 0.2) is 0 Å². The number of ether oxygens (including phenoxy) is 2. The first-order valence-corrected chi connectivity index (χ1v) is 9.96. The third kappa shape index (κ3) is 3.73. The second-order valence-electron chi connectivity index (χ2n) is 10.1. The van der Waals surface area contributed by atoms with Crippen molar-refractivity contribution in [2.45, 2.75) is 85.2 Å². The van der Waals surface area contributed by atoms with E-state index in [-0.39, 0.29) is 11.4 Å². The molecule has 4 saturated carbocycles. The third-order valence-corrected chi connectivity index (χ3v) is 6.95. The zero-order valence-corrected chi connectivity index (χ0v) is 16.5. The second kappa shape index (κ2) is 6.28. The molecule has 25 heavy (non-hydrogen) atoms. The van der Waals surface area contributed by atoms with Crippen molar-refractivity contribution >= 4 is 11.9 Å². The predicted molar refractivity (Wildman–Crippen MR) is 95.8 cm³/mol. The van der Waals surface area contributed by atoms with Gasteiger partial charge in [-0.25, -0.2) is 4.79 Å². The summed E-state index contributed by atoms with van der Waals surface area (Å²) >= 11 is 0. The Kier molecular flexibility index (Phi) is 4.70. The van der Waals surface area contributed by atoms with Gasteiger partial charge in [0.1, 0.15) is 0 Å². The molecule has 0 aliphatic heterocycles. The fourth-order valence-electron chi connectivity index (χ4n) is 5.42. The molecule has 4 fully saturated rings. The van der Waals surface area contributed by atoms with Gasteiger partial charge >= 0.3 is 11.9 Å². The largest absolute Gasteiger partial charge is 0.462 e. The molecular formula is C21H34O4. The van der Waals surface area contributed by atoms with Gasteiger partial charge in [-0.2, -0.15) is 0 Å². The molecule has 4 aliphatic carbocycles. The first kappa shape index (κ1) is 18.7. The average molecular weight is 350 g/mol. The van der Waals surface area contributed by atoms with Gasteiger partial charge in [-0.1, -0.05) is 6.92 Å². The molecule has 4 aliphatic rings. The normalized spacial score (nSPS) is 34.0. The van der Waals surface area contributed by atoms with E-state index in [1.54, 1.807) is 13.8 Å². The number of carbonyl (C=O) groups excluding carboxylic acids is 2. The molecule has 0 aromatic rings. The monoisotopic (exact) mass is 350 g/mol. The van der Waals surface area contributed by atoms with Gasteiger partial charge in [0.25, 0.3) is 0 Å². The van der Waals surface area contributed by atoms with Crippen LogP contribution in [0.2, 0.25) is 0 Å². The van der Waals surface area contributed by atoms with Crippen molar-refractivity contribution in [3.63, 3.8) is 0 Å². The zero-order valence-electron chi connectivity index (χ0n) is 16.5. The second-order valence-corrected chi connectivity index (χ2v) is 10.1. The molecule has 0 atom stereocenters. The van der Waals surface area contributed by atoms with Gasteiger partial charge in [0.2, 0.25) is 5.60 Å². The minimum absolute atomic E-state index is 0.188. The number of hydrogen-bond donors (Lipinski definition) is 0.